The van der Waals surface area contributed by atoms with Crippen molar-refractivity contribution in [1.82, 2.24) is 19.6 Å². The van der Waals surface area contributed by atoms with Crippen LogP contribution in [0.3, 0.4) is 0 Å². The van der Waals surface area contributed by atoms with Gasteiger partial charge in [0.1, 0.15) is 5.82 Å². The average Bonchev–Trinajstić information content (AvgIpc) is 2.90. The maximum Gasteiger partial charge on any atom is 0.260 e. The second kappa shape index (κ2) is 6.24. The van der Waals surface area contributed by atoms with E-state index in [1.54, 1.807) is 4.31 Å². The molecule has 7 heteroatoms. The van der Waals surface area contributed by atoms with E-state index < -0.39 is 10.0 Å². The van der Waals surface area contributed by atoms with Crippen molar-refractivity contribution in [3.8, 4) is 0 Å². The van der Waals surface area contributed by atoms with Crippen LogP contribution in [-0.2, 0) is 16.4 Å². The van der Waals surface area contributed by atoms with Gasteiger partial charge in [0.05, 0.1) is 6.20 Å². The fourth-order valence-electron chi connectivity index (χ4n) is 2.68. The lowest BCUT2D eigenvalue weighted by atomic mass is 9.95. The number of H-pyrrole nitrogens is 1. The molecule has 114 valence electrons. The first-order valence-corrected chi connectivity index (χ1v) is 8.70. The van der Waals surface area contributed by atoms with E-state index in [-0.39, 0.29) is 5.03 Å². The predicted octanol–water partition coefficient (Wildman–Crippen LogP) is 0.981. The van der Waals surface area contributed by atoms with E-state index in [4.69, 9.17) is 0 Å². The predicted molar refractivity (Wildman–Crippen MR) is 78.0 cm³/mol. The molecule has 2 rings (SSSR count). The fraction of sp³-hybridized carbons (Fsp3) is 0.769. The van der Waals surface area contributed by atoms with Crippen LogP contribution in [0.5, 0.6) is 0 Å². The topological polar surface area (TPSA) is 78.1 Å². The highest BCUT2D eigenvalue weighted by molar-refractivity contribution is 7.89. The molecule has 6 nitrogen and oxygen atoms in total. The van der Waals surface area contributed by atoms with Crippen LogP contribution in [0.4, 0.5) is 0 Å². The minimum Gasteiger partial charge on any atom is -0.332 e. The van der Waals surface area contributed by atoms with E-state index in [1.807, 2.05) is 6.92 Å². The summed E-state index contributed by atoms with van der Waals surface area (Å²) in [6.07, 6.45) is 2.98. The van der Waals surface area contributed by atoms with Crippen LogP contribution in [0.1, 0.15) is 33.0 Å². The minimum absolute atomic E-state index is 0.212. The summed E-state index contributed by atoms with van der Waals surface area (Å²) in [5, 5.41) is 3.63. The normalized spacial score (nSPS) is 24.9. The van der Waals surface area contributed by atoms with Crippen molar-refractivity contribution >= 4 is 10.0 Å². The van der Waals surface area contributed by atoms with Gasteiger partial charge in [-0.3, -0.25) is 0 Å². The van der Waals surface area contributed by atoms with Crippen molar-refractivity contribution in [3.05, 3.63) is 12.0 Å². The Labute approximate surface area is 121 Å². The molecule has 2 heterocycles. The summed E-state index contributed by atoms with van der Waals surface area (Å²) in [7, 11) is -3.44. The van der Waals surface area contributed by atoms with Crippen molar-refractivity contribution in [2.24, 2.45) is 5.92 Å². The molecule has 1 saturated heterocycles. The molecule has 1 fully saturated rings. The van der Waals surface area contributed by atoms with Gasteiger partial charge in [0.15, 0.2) is 5.03 Å². The van der Waals surface area contributed by atoms with Gasteiger partial charge in [0.25, 0.3) is 10.0 Å². The lowest BCUT2D eigenvalue weighted by Crippen LogP contribution is -2.50. The van der Waals surface area contributed by atoms with Crippen LogP contribution < -0.4 is 5.32 Å². The van der Waals surface area contributed by atoms with Crippen molar-refractivity contribution in [3.63, 3.8) is 0 Å². The Hall–Kier alpha value is -0.920. The molecule has 0 radical (unpaired) electrons. The zero-order valence-corrected chi connectivity index (χ0v) is 13.2. The number of hydrogen-bond acceptors (Lipinski definition) is 4. The highest BCUT2D eigenvalue weighted by Gasteiger charge is 2.34. The summed E-state index contributed by atoms with van der Waals surface area (Å²) in [4.78, 5) is 6.98. The van der Waals surface area contributed by atoms with Crippen LogP contribution in [0, 0.1) is 5.92 Å². The molecule has 1 aromatic rings. The van der Waals surface area contributed by atoms with E-state index in [2.05, 4.69) is 29.1 Å². The van der Waals surface area contributed by atoms with E-state index in [0.29, 0.717) is 37.3 Å². The third-order valence-electron chi connectivity index (χ3n) is 3.89. The molecule has 0 bridgehead atoms. The molecule has 2 unspecified atom stereocenters. The van der Waals surface area contributed by atoms with Gasteiger partial charge in [0, 0.05) is 25.6 Å². The number of aromatic nitrogens is 2. The number of aryl methyl sites for hydroxylation is 1. The van der Waals surface area contributed by atoms with Crippen molar-refractivity contribution in [2.45, 2.75) is 44.7 Å². The molecule has 20 heavy (non-hydrogen) atoms. The molecule has 1 aliphatic rings. The summed E-state index contributed by atoms with van der Waals surface area (Å²) in [5.41, 5.74) is 0. The Morgan fingerprint density at radius 1 is 1.50 bits per heavy atom. The number of piperidine rings is 1. The highest BCUT2D eigenvalue weighted by atomic mass is 32.2. The summed E-state index contributed by atoms with van der Waals surface area (Å²) < 4.78 is 26.7. The quantitative estimate of drug-likeness (QED) is 0.850. The van der Waals surface area contributed by atoms with Gasteiger partial charge in [0.2, 0.25) is 0 Å². The number of rotatable bonds is 5. The molecule has 0 aliphatic carbocycles. The second-order valence-electron chi connectivity index (χ2n) is 5.34. The summed E-state index contributed by atoms with van der Waals surface area (Å²) >= 11 is 0. The number of nitrogens with one attached hydrogen (secondary N) is 2. The van der Waals surface area contributed by atoms with Crippen molar-refractivity contribution in [1.29, 1.82) is 0 Å². The number of aromatic amines is 1. The Kier molecular flexibility index (Phi) is 4.82. The highest BCUT2D eigenvalue weighted by Crippen LogP contribution is 2.23. The zero-order chi connectivity index (χ0) is 14.8. The molecule has 0 saturated carbocycles. The molecule has 0 amide bonds. The Morgan fingerprint density at radius 3 is 2.80 bits per heavy atom. The number of sulfonamides is 1. The summed E-state index contributed by atoms with van der Waals surface area (Å²) in [5.74, 6) is 1.02. The van der Waals surface area contributed by atoms with Crippen LogP contribution in [0.15, 0.2) is 11.2 Å². The van der Waals surface area contributed by atoms with Gasteiger partial charge >= 0.3 is 0 Å². The first kappa shape index (κ1) is 15.5. The summed E-state index contributed by atoms with van der Waals surface area (Å²) in [6, 6.07) is 0.402. The van der Waals surface area contributed by atoms with E-state index in [9.17, 15) is 8.42 Å². The third-order valence-corrected chi connectivity index (χ3v) is 5.67. The molecule has 0 aromatic carbocycles. The standard InChI is InChI=1S/C13H24N4O2S/c1-4-12-15-8-13(16-12)20(18,19)17-7-6-11(14-5-2)10(3)9-17/h8,10-11,14H,4-7,9H2,1-3H3,(H,15,16). The molecule has 1 aromatic heterocycles. The Balaban J connectivity index is 2.11. The Morgan fingerprint density at radius 2 is 2.25 bits per heavy atom. The van der Waals surface area contributed by atoms with Crippen LogP contribution in [-0.4, -0.2) is 48.4 Å². The van der Waals surface area contributed by atoms with Gasteiger partial charge in [-0.1, -0.05) is 20.8 Å². The molecular weight excluding hydrogens is 276 g/mol. The maximum absolute atomic E-state index is 12.6. The average molecular weight is 300 g/mol. The molecule has 2 N–H and O–H groups in total. The van der Waals surface area contributed by atoms with Crippen LogP contribution in [0.25, 0.3) is 0 Å². The molecular formula is C13H24N4O2S. The zero-order valence-electron chi connectivity index (χ0n) is 12.4. The van der Waals surface area contributed by atoms with Crippen LogP contribution in [0.2, 0.25) is 0 Å². The minimum atomic E-state index is -3.44. The van der Waals surface area contributed by atoms with Gasteiger partial charge in [-0.25, -0.2) is 13.4 Å². The first-order chi connectivity index (χ1) is 9.48. The Bertz CT molecular complexity index is 540. The maximum atomic E-state index is 12.6. The molecule has 1 aliphatic heterocycles. The second-order valence-corrected chi connectivity index (χ2v) is 7.25. The van der Waals surface area contributed by atoms with Crippen LogP contribution >= 0.6 is 0 Å². The lowest BCUT2D eigenvalue weighted by Gasteiger charge is -2.36. The molecule has 2 atom stereocenters. The lowest BCUT2D eigenvalue weighted by molar-refractivity contribution is 0.222. The van der Waals surface area contributed by atoms with E-state index in [1.165, 1.54) is 6.20 Å². The number of nitrogens with zero attached hydrogens (tertiary/aromatic N) is 2. The third kappa shape index (κ3) is 3.05. The van der Waals surface area contributed by atoms with Crippen molar-refractivity contribution in [2.75, 3.05) is 19.6 Å². The van der Waals surface area contributed by atoms with Gasteiger partial charge in [-0.2, -0.15) is 4.31 Å². The fourth-order valence-corrected chi connectivity index (χ4v) is 4.17. The number of hydrogen-bond donors (Lipinski definition) is 2. The SMILES string of the molecule is CCNC1CCN(S(=O)(=O)c2cnc(CC)[nH]2)CC1C. The number of imidazole rings is 1. The first-order valence-electron chi connectivity index (χ1n) is 7.26. The van der Waals surface area contributed by atoms with E-state index in [0.717, 1.165) is 13.0 Å². The summed E-state index contributed by atoms with van der Waals surface area (Å²) in [6.45, 7) is 8.15. The monoisotopic (exact) mass is 300 g/mol. The largest absolute Gasteiger partial charge is 0.332 e. The van der Waals surface area contributed by atoms with Gasteiger partial charge in [-0.15, -0.1) is 0 Å². The van der Waals surface area contributed by atoms with Crippen molar-refractivity contribution < 1.29 is 8.42 Å². The smallest absolute Gasteiger partial charge is 0.260 e. The van der Waals surface area contributed by atoms with E-state index >= 15 is 0 Å². The molecule has 0 spiro atoms. The van der Waals surface area contributed by atoms with Gasteiger partial charge < -0.3 is 10.3 Å². The van der Waals surface area contributed by atoms with Gasteiger partial charge in [-0.05, 0) is 18.9 Å².